The van der Waals surface area contributed by atoms with Gasteiger partial charge in [-0.3, -0.25) is 18.7 Å². The standard InChI is InChI=1S/C16H30N3O9PSi/c1-9(20)25-13-11(8-24-30(6,7)16(3,4)5)27-15(28-29(22)23)12(18-19-17)14(13)26-10(2)21/h11-15,29H,8H2,1-7H3,(H,22,23)/t11?,12?,13-,14-,15+/m0/s1. The molecule has 12 nitrogen and oxygen atoms in total. The highest BCUT2D eigenvalue weighted by molar-refractivity contribution is 7.32. The molecule has 14 heteroatoms. The fraction of sp³-hybridized carbons (Fsp3) is 0.875. The van der Waals surface area contributed by atoms with Crippen molar-refractivity contribution in [3.63, 3.8) is 0 Å². The van der Waals surface area contributed by atoms with Gasteiger partial charge in [-0.05, 0) is 23.7 Å². The largest absolute Gasteiger partial charge is 0.458 e. The summed E-state index contributed by atoms with van der Waals surface area (Å²) in [6.07, 6.45) is -5.02. The molecule has 0 aliphatic carbocycles. The van der Waals surface area contributed by atoms with E-state index in [2.05, 4.69) is 10.0 Å². The maximum atomic E-state index is 11.7. The maximum Gasteiger partial charge on any atom is 0.318 e. The minimum absolute atomic E-state index is 0.0680. The molecule has 1 aliphatic rings. The van der Waals surface area contributed by atoms with E-state index in [4.69, 9.17) is 28.7 Å². The lowest BCUT2D eigenvalue weighted by Crippen LogP contribution is -2.61. The van der Waals surface area contributed by atoms with Gasteiger partial charge < -0.3 is 23.5 Å². The molecule has 30 heavy (non-hydrogen) atoms. The Morgan fingerprint density at radius 3 is 2.17 bits per heavy atom. The first-order valence-corrected chi connectivity index (χ1v) is 13.4. The molecule has 3 unspecified atom stereocenters. The maximum absolute atomic E-state index is 11.7. The van der Waals surface area contributed by atoms with Crippen LogP contribution < -0.4 is 0 Å². The number of carbonyl (C=O) groups excluding carboxylic acids is 2. The van der Waals surface area contributed by atoms with Crippen molar-refractivity contribution < 1.29 is 42.2 Å². The number of azide groups is 1. The smallest absolute Gasteiger partial charge is 0.318 e. The molecule has 6 atom stereocenters. The van der Waals surface area contributed by atoms with Crippen molar-refractivity contribution in [3.05, 3.63) is 10.4 Å². The van der Waals surface area contributed by atoms with Crippen molar-refractivity contribution in [2.45, 2.75) is 83.4 Å². The molecule has 0 aromatic carbocycles. The Morgan fingerprint density at radius 2 is 1.73 bits per heavy atom. The van der Waals surface area contributed by atoms with Crippen LogP contribution in [0, 0.1) is 0 Å². The molecule has 1 saturated heterocycles. The first kappa shape index (κ1) is 26.6. The van der Waals surface area contributed by atoms with E-state index in [1.54, 1.807) is 0 Å². The number of esters is 2. The first-order chi connectivity index (χ1) is 13.7. The molecule has 172 valence electrons. The lowest BCUT2D eigenvalue weighted by molar-refractivity contribution is -0.250. The summed E-state index contributed by atoms with van der Waals surface area (Å²) >= 11 is 0. The normalized spacial score (nSPS) is 28.2. The SMILES string of the molecule is CC(=O)O[C@H]1C(CO[Si](C)(C)C(C)(C)C)O[C@H](O[PH](=O)O)C(N=[N+]=[N-])[C@@H]1OC(C)=O. The molecule has 0 spiro atoms. The number of hydrogen-bond donors (Lipinski definition) is 1. The van der Waals surface area contributed by atoms with E-state index >= 15 is 0 Å². The third kappa shape index (κ3) is 7.35. The Hall–Kier alpha value is -1.46. The second kappa shape index (κ2) is 10.7. The van der Waals surface area contributed by atoms with Gasteiger partial charge in [0.2, 0.25) is 0 Å². The summed E-state index contributed by atoms with van der Waals surface area (Å²) in [6.45, 7) is 12.3. The summed E-state index contributed by atoms with van der Waals surface area (Å²) in [5, 5.41) is 3.36. The topological polar surface area (TPSA) is 166 Å². The van der Waals surface area contributed by atoms with Crippen LogP contribution in [0.2, 0.25) is 18.1 Å². The highest BCUT2D eigenvalue weighted by atomic mass is 31.1. The van der Waals surface area contributed by atoms with Crippen LogP contribution in [0.1, 0.15) is 34.6 Å². The number of hydrogen-bond acceptors (Lipinski definition) is 9. The molecule has 0 bridgehead atoms. The summed E-state index contributed by atoms with van der Waals surface area (Å²) in [6, 6.07) is -1.37. The number of rotatable bonds is 8. The third-order valence-corrected chi connectivity index (χ3v) is 9.97. The van der Waals surface area contributed by atoms with Crippen molar-refractivity contribution in [1.82, 2.24) is 0 Å². The molecule has 0 radical (unpaired) electrons. The zero-order valence-electron chi connectivity index (χ0n) is 18.1. The Bertz CT molecular complexity index is 709. The van der Waals surface area contributed by atoms with E-state index in [1.807, 2.05) is 33.9 Å². The van der Waals surface area contributed by atoms with Gasteiger partial charge in [-0.2, -0.15) is 0 Å². The average molecular weight is 467 g/mol. The van der Waals surface area contributed by atoms with Crippen LogP contribution in [0.4, 0.5) is 0 Å². The lowest BCUT2D eigenvalue weighted by atomic mass is 9.97. The van der Waals surface area contributed by atoms with Crippen molar-refractivity contribution in [1.29, 1.82) is 0 Å². The predicted octanol–water partition coefficient (Wildman–Crippen LogP) is 2.67. The second-order valence-corrected chi connectivity index (χ2v) is 13.9. The predicted molar refractivity (Wildman–Crippen MR) is 108 cm³/mol. The van der Waals surface area contributed by atoms with Gasteiger partial charge in [-0.25, -0.2) is 0 Å². The van der Waals surface area contributed by atoms with Gasteiger partial charge in [0.1, 0.15) is 12.1 Å². The van der Waals surface area contributed by atoms with Crippen LogP contribution in [0.25, 0.3) is 10.4 Å². The number of carbonyl (C=O) groups is 2. The molecule has 0 aromatic rings. The zero-order valence-corrected chi connectivity index (χ0v) is 20.1. The van der Waals surface area contributed by atoms with E-state index < -0.39 is 59.2 Å². The van der Waals surface area contributed by atoms with Gasteiger partial charge in [0.15, 0.2) is 26.8 Å². The van der Waals surface area contributed by atoms with Crippen LogP contribution >= 0.6 is 8.25 Å². The summed E-state index contributed by atoms with van der Waals surface area (Å²) < 4.78 is 38.6. The van der Waals surface area contributed by atoms with Crippen molar-refractivity contribution in [2.24, 2.45) is 5.11 Å². The van der Waals surface area contributed by atoms with Gasteiger partial charge in [0, 0.05) is 18.8 Å². The van der Waals surface area contributed by atoms with E-state index in [1.165, 1.54) is 0 Å². The summed E-state index contributed by atoms with van der Waals surface area (Å²) in [5.74, 6) is -1.43. The van der Waals surface area contributed by atoms with Crippen LogP contribution in [0.5, 0.6) is 0 Å². The van der Waals surface area contributed by atoms with Crippen LogP contribution in [-0.2, 0) is 37.3 Å². The molecule has 1 N–H and O–H groups in total. The van der Waals surface area contributed by atoms with Gasteiger partial charge in [0.25, 0.3) is 0 Å². The Morgan fingerprint density at radius 1 is 1.20 bits per heavy atom. The number of nitrogens with zero attached hydrogens (tertiary/aromatic N) is 3. The van der Waals surface area contributed by atoms with Gasteiger partial charge >= 0.3 is 20.2 Å². The van der Waals surface area contributed by atoms with E-state index in [0.29, 0.717) is 0 Å². The summed E-state index contributed by atoms with van der Waals surface area (Å²) in [4.78, 5) is 35.3. The van der Waals surface area contributed by atoms with Crippen LogP contribution in [-0.4, -0.2) is 62.4 Å². The molecular weight excluding hydrogens is 437 g/mol. The highest BCUT2D eigenvalue weighted by Gasteiger charge is 2.51. The molecular formula is C16H30N3O9PSi. The van der Waals surface area contributed by atoms with Crippen LogP contribution in [0.3, 0.4) is 0 Å². The molecule has 1 fully saturated rings. The quantitative estimate of drug-likeness (QED) is 0.141. The Labute approximate surface area is 176 Å². The Kier molecular flexibility index (Phi) is 9.49. The Balaban J connectivity index is 3.33. The van der Waals surface area contributed by atoms with E-state index in [-0.39, 0.29) is 11.6 Å². The third-order valence-electron chi connectivity index (χ3n) is 5.04. The van der Waals surface area contributed by atoms with Crippen LogP contribution in [0.15, 0.2) is 5.11 Å². The molecule has 1 rings (SSSR count). The minimum atomic E-state index is -3.50. The lowest BCUT2D eigenvalue weighted by Gasteiger charge is -2.44. The molecule has 0 amide bonds. The van der Waals surface area contributed by atoms with Gasteiger partial charge in [-0.15, -0.1) is 0 Å². The zero-order chi connectivity index (χ0) is 23.3. The van der Waals surface area contributed by atoms with Gasteiger partial charge in [0.05, 0.1) is 6.61 Å². The minimum Gasteiger partial charge on any atom is -0.458 e. The van der Waals surface area contributed by atoms with Crippen molar-refractivity contribution >= 4 is 28.5 Å². The fourth-order valence-corrected chi connectivity index (χ4v) is 3.98. The van der Waals surface area contributed by atoms with E-state index in [9.17, 15) is 19.0 Å². The highest BCUT2D eigenvalue weighted by Crippen LogP contribution is 2.38. The average Bonchev–Trinajstić information content (AvgIpc) is 2.56. The van der Waals surface area contributed by atoms with Gasteiger partial charge in [-0.1, -0.05) is 25.9 Å². The van der Waals surface area contributed by atoms with Crippen molar-refractivity contribution in [3.8, 4) is 0 Å². The first-order valence-electron chi connectivity index (χ1n) is 9.27. The second-order valence-electron chi connectivity index (χ2n) is 8.34. The fourth-order valence-electron chi connectivity index (χ4n) is 2.57. The summed E-state index contributed by atoms with van der Waals surface area (Å²) in [5.41, 5.74) is 8.90. The number of ether oxygens (including phenoxy) is 3. The molecule has 1 heterocycles. The molecule has 0 saturated carbocycles. The van der Waals surface area contributed by atoms with E-state index in [0.717, 1.165) is 13.8 Å². The molecule has 1 aliphatic heterocycles. The monoisotopic (exact) mass is 467 g/mol. The van der Waals surface area contributed by atoms with Crippen molar-refractivity contribution in [2.75, 3.05) is 6.61 Å². The summed E-state index contributed by atoms with van der Waals surface area (Å²) in [7, 11) is -5.76. The molecule has 0 aromatic heterocycles.